The Morgan fingerprint density at radius 1 is 1.32 bits per heavy atom. The number of Topliss-reactive ketones (excluding diaryl/α,β-unsaturated/α-hetero) is 1. The highest BCUT2D eigenvalue weighted by molar-refractivity contribution is 6.02. The number of nitrogens with one attached hydrogen (secondary N) is 1. The number of rotatable bonds is 4. The number of fused-ring (bicyclic) bond motifs is 1. The summed E-state index contributed by atoms with van der Waals surface area (Å²) >= 11 is 0. The Hall–Kier alpha value is -3.22. The first-order valence-electron chi connectivity index (χ1n) is 7.88. The van der Waals surface area contributed by atoms with Gasteiger partial charge in [-0.3, -0.25) is 4.79 Å². The van der Waals surface area contributed by atoms with Gasteiger partial charge in [0.1, 0.15) is 11.6 Å². The number of anilines is 1. The van der Waals surface area contributed by atoms with Gasteiger partial charge in [-0.05, 0) is 24.6 Å². The second-order valence-electron chi connectivity index (χ2n) is 5.83. The molecule has 0 amide bonds. The largest absolute Gasteiger partial charge is 0.481 e. The van der Waals surface area contributed by atoms with Crippen molar-refractivity contribution in [3.8, 4) is 17.0 Å². The van der Waals surface area contributed by atoms with Gasteiger partial charge >= 0.3 is 0 Å². The third-order valence-electron chi connectivity index (χ3n) is 4.27. The fourth-order valence-electron chi connectivity index (χ4n) is 3.06. The summed E-state index contributed by atoms with van der Waals surface area (Å²) in [5.74, 6) is 1.41. The Labute approximate surface area is 144 Å². The molecular weight excluding hydrogens is 320 g/mol. The number of carbonyl (C=O) groups excluding carboxylic acids is 1. The van der Waals surface area contributed by atoms with Crippen molar-refractivity contribution in [3.63, 3.8) is 0 Å². The van der Waals surface area contributed by atoms with Crippen LogP contribution in [0.2, 0.25) is 0 Å². The average molecular weight is 336 g/mol. The topological polar surface area (TPSA) is 90.1 Å². The molecule has 7 nitrogen and oxygen atoms in total. The monoisotopic (exact) mass is 336 g/mol. The van der Waals surface area contributed by atoms with E-state index in [1.54, 1.807) is 38.6 Å². The molecule has 0 aromatic carbocycles. The molecule has 0 radical (unpaired) electrons. The molecule has 0 saturated carbocycles. The van der Waals surface area contributed by atoms with E-state index in [0.717, 1.165) is 16.7 Å². The number of aryl methyl sites for hydroxylation is 1. The van der Waals surface area contributed by atoms with E-state index in [9.17, 15) is 4.79 Å². The van der Waals surface area contributed by atoms with Crippen LogP contribution in [-0.2, 0) is 0 Å². The molecule has 1 aliphatic rings. The summed E-state index contributed by atoms with van der Waals surface area (Å²) in [5, 5.41) is 7.06. The normalized spacial score (nSPS) is 15.5. The van der Waals surface area contributed by atoms with Crippen molar-refractivity contribution in [2.45, 2.75) is 12.8 Å². The van der Waals surface area contributed by atoms with Gasteiger partial charge in [-0.2, -0.15) is 0 Å². The van der Waals surface area contributed by atoms with Gasteiger partial charge in [0.15, 0.2) is 11.5 Å². The van der Waals surface area contributed by atoms with Gasteiger partial charge in [-0.15, -0.1) is 0 Å². The summed E-state index contributed by atoms with van der Waals surface area (Å²) in [6, 6.07) is 7.26. The fraction of sp³-hybridized carbons (Fsp3) is 0.222. The van der Waals surface area contributed by atoms with Crippen LogP contribution in [0.15, 0.2) is 41.2 Å². The zero-order chi connectivity index (χ0) is 17.4. The van der Waals surface area contributed by atoms with E-state index >= 15 is 0 Å². The van der Waals surface area contributed by atoms with Crippen molar-refractivity contribution in [3.05, 3.63) is 53.7 Å². The highest BCUT2D eigenvalue weighted by atomic mass is 16.5. The molecule has 0 bridgehead atoms. The van der Waals surface area contributed by atoms with Crippen molar-refractivity contribution in [2.24, 2.45) is 0 Å². The zero-order valence-electron chi connectivity index (χ0n) is 13.8. The lowest BCUT2D eigenvalue weighted by molar-refractivity contribution is 0.0957. The second kappa shape index (κ2) is 6.01. The summed E-state index contributed by atoms with van der Waals surface area (Å²) in [7, 11) is 1.57. The predicted octanol–water partition coefficient (Wildman–Crippen LogP) is 2.84. The summed E-state index contributed by atoms with van der Waals surface area (Å²) in [5.41, 5.74) is 3.01. The van der Waals surface area contributed by atoms with E-state index in [4.69, 9.17) is 9.26 Å². The smallest absolute Gasteiger partial charge is 0.212 e. The maximum Gasteiger partial charge on any atom is 0.212 e. The molecule has 0 spiro atoms. The number of hydrogen-bond donors (Lipinski definition) is 1. The molecule has 7 heteroatoms. The average Bonchev–Trinajstić information content (AvgIpc) is 3.27. The standard InChI is InChI=1S/C18H16N4O3/c1-10-7-14(22-25-10)17(23)13-9-21-18-16(13)12(5-6-19-18)11-3-4-15(24-2)20-8-11/h3-8,13H,9H2,1-2H3,(H,19,21). The maximum absolute atomic E-state index is 12.9. The Morgan fingerprint density at radius 3 is 2.88 bits per heavy atom. The highest BCUT2D eigenvalue weighted by Crippen LogP contribution is 2.39. The zero-order valence-corrected chi connectivity index (χ0v) is 13.8. The first kappa shape index (κ1) is 15.3. The molecular formula is C18H16N4O3. The number of ether oxygens (including phenoxy) is 1. The van der Waals surface area contributed by atoms with Crippen molar-refractivity contribution in [1.29, 1.82) is 0 Å². The van der Waals surface area contributed by atoms with Crippen LogP contribution in [0.1, 0.15) is 27.7 Å². The van der Waals surface area contributed by atoms with Gasteiger partial charge in [-0.25, -0.2) is 9.97 Å². The molecule has 0 aliphatic carbocycles. The minimum Gasteiger partial charge on any atom is -0.481 e. The van der Waals surface area contributed by atoms with Crippen LogP contribution in [0.25, 0.3) is 11.1 Å². The molecule has 1 atom stereocenters. The van der Waals surface area contributed by atoms with E-state index in [0.29, 0.717) is 29.7 Å². The van der Waals surface area contributed by atoms with E-state index in [2.05, 4.69) is 20.4 Å². The van der Waals surface area contributed by atoms with Crippen LogP contribution in [0.3, 0.4) is 0 Å². The maximum atomic E-state index is 12.9. The van der Waals surface area contributed by atoms with Crippen LogP contribution >= 0.6 is 0 Å². The van der Waals surface area contributed by atoms with Gasteiger partial charge in [0.2, 0.25) is 5.88 Å². The molecule has 4 rings (SSSR count). The van der Waals surface area contributed by atoms with Crippen LogP contribution in [0.5, 0.6) is 5.88 Å². The molecule has 3 aromatic rings. The number of ketones is 1. The van der Waals surface area contributed by atoms with E-state index in [-0.39, 0.29) is 11.7 Å². The number of pyridine rings is 2. The summed E-state index contributed by atoms with van der Waals surface area (Å²) in [6.07, 6.45) is 3.45. The molecule has 1 N–H and O–H groups in total. The van der Waals surface area contributed by atoms with Gasteiger partial charge in [-0.1, -0.05) is 5.16 Å². The van der Waals surface area contributed by atoms with Crippen LogP contribution in [-0.4, -0.2) is 34.6 Å². The SMILES string of the molecule is COc1ccc(-c2ccnc3c2C(C(=O)c2cc(C)on2)CN3)cn1. The Morgan fingerprint density at radius 2 is 2.20 bits per heavy atom. The lowest BCUT2D eigenvalue weighted by Gasteiger charge is -2.12. The highest BCUT2D eigenvalue weighted by Gasteiger charge is 2.34. The van der Waals surface area contributed by atoms with E-state index < -0.39 is 0 Å². The minimum atomic E-state index is -0.370. The van der Waals surface area contributed by atoms with Crippen molar-refractivity contribution in [2.75, 3.05) is 19.0 Å². The minimum absolute atomic E-state index is 0.0844. The molecule has 4 heterocycles. The van der Waals surface area contributed by atoms with Gasteiger partial charge in [0, 0.05) is 42.2 Å². The number of hydrogen-bond acceptors (Lipinski definition) is 7. The second-order valence-corrected chi connectivity index (χ2v) is 5.83. The quantitative estimate of drug-likeness (QED) is 0.733. The molecule has 25 heavy (non-hydrogen) atoms. The van der Waals surface area contributed by atoms with Crippen LogP contribution in [0.4, 0.5) is 5.82 Å². The number of carbonyl (C=O) groups is 1. The Bertz CT molecular complexity index is 934. The third-order valence-corrected chi connectivity index (χ3v) is 4.27. The molecule has 0 fully saturated rings. The molecule has 126 valence electrons. The number of nitrogens with zero attached hydrogens (tertiary/aromatic N) is 3. The lowest BCUT2D eigenvalue weighted by Crippen LogP contribution is -2.15. The Balaban J connectivity index is 1.77. The van der Waals surface area contributed by atoms with E-state index in [1.807, 2.05) is 12.1 Å². The van der Waals surface area contributed by atoms with Gasteiger partial charge in [0.05, 0.1) is 13.0 Å². The predicted molar refractivity (Wildman–Crippen MR) is 90.8 cm³/mol. The molecule has 1 unspecified atom stereocenters. The van der Waals surface area contributed by atoms with Gasteiger partial charge < -0.3 is 14.6 Å². The molecule has 1 aliphatic heterocycles. The summed E-state index contributed by atoms with van der Waals surface area (Å²) in [4.78, 5) is 21.5. The van der Waals surface area contributed by atoms with Crippen molar-refractivity contribution in [1.82, 2.24) is 15.1 Å². The van der Waals surface area contributed by atoms with E-state index in [1.165, 1.54) is 0 Å². The summed E-state index contributed by atoms with van der Waals surface area (Å²) in [6.45, 7) is 2.24. The van der Waals surface area contributed by atoms with Crippen LogP contribution in [0, 0.1) is 6.92 Å². The first-order chi connectivity index (χ1) is 12.2. The van der Waals surface area contributed by atoms with Crippen molar-refractivity contribution < 1.29 is 14.1 Å². The van der Waals surface area contributed by atoms with Crippen molar-refractivity contribution >= 4 is 11.6 Å². The fourth-order valence-corrected chi connectivity index (χ4v) is 3.06. The van der Waals surface area contributed by atoms with Gasteiger partial charge in [0.25, 0.3) is 0 Å². The Kier molecular flexibility index (Phi) is 3.68. The number of methoxy groups -OCH3 is 1. The third kappa shape index (κ3) is 2.63. The lowest BCUT2D eigenvalue weighted by atomic mass is 9.90. The summed E-state index contributed by atoms with van der Waals surface area (Å²) < 4.78 is 10.2. The molecule has 0 saturated heterocycles. The first-order valence-corrected chi connectivity index (χ1v) is 7.88. The number of aromatic nitrogens is 3. The van der Waals surface area contributed by atoms with Crippen LogP contribution < -0.4 is 10.1 Å². The molecule has 3 aromatic heterocycles.